The minimum absolute atomic E-state index is 0.140. The van der Waals surface area contributed by atoms with E-state index in [4.69, 9.17) is 11.6 Å². The van der Waals surface area contributed by atoms with Crippen LogP contribution in [0, 0.1) is 15.9 Å². The van der Waals surface area contributed by atoms with Crippen LogP contribution in [-0.2, 0) is 0 Å². The van der Waals surface area contributed by atoms with E-state index in [1.807, 2.05) is 0 Å². The van der Waals surface area contributed by atoms with Crippen molar-refractivity contribution in [2.45, 2.75) is 0 Å². The van der Waals surface area contributed by atoms with E-state index in [2.05, 4.69) is 11.9 Å². The first-order chi connectivity index (χ1) is 8.56. The predicted molar refractivity (Wildman–Crippen MR) is 74.1 cm³/mol. The molecule has 0 spiro atoms. The number of nitrogens with zero attached hydrogens (tertiary/aromatic N) is 1. The van der Waals surface area contributed by atoms with Crippen LogP contribution in [0.4, 0.5) is 15.8 Å². The molecule has 0 aromatic heterocycles. The first kappa shape index (κ1) is 14.8. The smallest absolute Gasteiger partial charge is 0.294 e. The molecular weight excluding hydrogens is 279 g/mol. The summed E-state index contributed by atoms with van der Waals surface area (Å²) in [5, 5.41) is 13.4. The number of rotatable bonds is 7. The molecule has 0 aliphatic heterocycles. The van der Waals surface area contributed by atoms with Gasteiger partial charge in [0.2, 0.25) is 0 Å². The van der Waals surface area contributed by atoms with Crippen molar-refractivity contribution in [2.75, 3.05) is 23.4 Å². The molecule has 0 aliphatic carbocycles. The van der Waals surface area contributed by atoms with Gasteiger partial charge in [-0.25, -0.2) is 4.39 Å². The van der Waals surface area contributed by atoms with Crippen molar-refractivity contribution in [1.82, 2.24) is 0 Å². The van der Waals surface area contributed by atoms with E-state index in [1.54, 1.807) is 17.8 Å². The Kier molecular flexibility index (Phi) is 5.94. The number of nitro benzene ring substituents is 1. The van der Waals surface area contributed by atoms with E-state index >= 15 is 0 Å². The van der Waals surface area contributed by atoms with Gasteiger partial charge in [-0.2, -0.15) is 11.8 Å². The van der Waals surface area contributed by atoms with E-state index in [0.29, 0.717) is 6.54 Å². The molecule has 0 radical (unpaired) electrons. The fourth-order valence-electron chi connectivity index (χ4n) is 1.25. The maximum Gasteiger partial charge on any atom is 0.294 e. The summed E-state index contributed by atoms with van der Waals surface area (Å²) >= 11 is 7.13. The summed E-state index contributed by atoms with van der Waals surface area (Å²) in [6.07, 6.45) is 1.77. The molecule has 0 unspecified atom stereocenters. The molecule has 0 atom stereocenters. The molecule has 1 aromatic carbocycles. The second-order valence-corrected chi connectivity index (χ2v) is 4.89. The average Bonchev–Trinajstić information content (AvgIpc) is 2.32. The molecule has 7 heteroatoms. The van der Waals surface area contributed by atoms with E-state index in [1.165, 1.54) is 0 Å². The Morgan fingerprint density at radius 3 is 2.94 bits per heavy atom. The highest BCUT2D eigenvalue weighted by atomic mass is 35.5. The zero-order valence-corrected chi connectivity index (χ0v) is 11.1. The van der Waals surface area contributed by atoms with Gasteiger partial charge in [-0.05, 0) is 0 Å². The molecule has 0 fully saturated rings. The Morgan fingerprint density at radius 2 is 2.33 bits per heavy atom. The Balaban J connectivity index is 2.71. The summed E-state index contributed by atoms with van der Waals surface area (Å²) in [7, 11) is 0. The SMILES string of the molecule is C=CCSCCNc1cc(F)c(Cl)cc1[N+](=O)[O-]. The Labute approximate surface area is 113 Å². The molecule has 18 heavy (non-hydrogen) atoms. The predicted octanol–water partition coefficient (Wildman–Crippen LogP) is 3.72. The Hall–Kier alpha value is -1.27. The van der Waals surface area contributed by atoms with Crippen LogP contribution in [0.2, 0.25) is 5.02 Å². The molecule has 1 N–H and O–H groups in total. The molecule has 4 nitrogen and oxygen atoms in total. The molecule has 1 aromatic rings. The number of hydrogen-bond acceptors (Lipinski definition) is 4. The fraction of sp³-hybridized carbons (Fsp3) is 0.273. The molecule has 1 rings (SSSR count). The lowest BCUT2D eigenvalue weighted by Gasteiger charge is -2.07. The summed E-state index contributed by atoms with van der Waals surface area (Å²) in [5.41, 5.74) is -0.0868. The van der Waals surface area contributed by atoms with Crippen LogP contribution in [0.25, 0.3) is 0 Å². The fourth-order valence-corrected chi connectivity index (χ4v) is 1.99. The largest absolute Gasteiger partial charge is 0.379 e. The first-order valence-electron chi connectivity index (χ1n) is 5.12. The Bertz CT molecular complexity index is 457. The van der Waals surface area contributed by atoms with Crippen LogP contribution in [0.1, 0.15) is 0 Å². The first-order valence-corrected chi connectivity index (χ1v) is 6.65. The second kappa shape index (κ2) is 7.23. The van der Waals surface area contributed by atoms with E-state index in [9.17, 15) is 14.5 Å². The quantitative estimate of drug-likeness (QED) is 0.360. The lowest BCUT2D eigenvalue weighted by molar-refractivity contribution is -0.384. The van der Waals surface area contributed by atoms with E-state index in [0.717, 1.165) is 23.6 Å². The van der Waals surface area contributed by atoms with Crippen LogP contribution in [-0.4, -0.2) is 23.0 Å². The van der Waals surface area contributed by atoms with Crippen molar-refractivity contribution >= 4 is 34.7 Å². The van der Waals surface area contributed by atoms with Gasteiger partial charge in [0.15, 0.2) is 0 Å². The van der Waals surface area contributed by atoms with Gasteiger partial charge in [0.25, 0.3) is 5.69 Å². The summed E-state index contributed by atoms with van der Waals surface area (Å²) in [4.78, 5) is 10.2. The standard InChI is InChI=1S/C11H12ClFN2O2S/c1-2-4-18-5-3-14-10-7-9(13)8(12)6-11(10)15(16)17/h2,6-7,14H,1,3-5H2. The van der Waals surface area contributed by atoms with Gasteiger partial charge in [0.1, 0.15) is 11.5 Å². The number of thioether (sulfide) groups is 1. The minimum atomic E-state index is -0.677. The van der Waals surface area contributed by atoms with Gasteiger partial charge >= 0.3 is 0 Å². The summed E-state index contributed by atoms with van der Waals surface area (Å²) in [5.74, 6) is 0.870. The number of halogens is 2. The number of nitrogens with one attached hydrogen (secondary N) is 1. The molecule has 0 amide bonds. The molecule has 0 bridgehead atoms. The highest BCUT2D eigenvalue weighted by Gasteiger charge is 2.17. The van der Waals surface area contributed by atoms with Crippen molar-refractivity contribution < 1.29 is 9.31 Å². The number of benzene rings is 1. The summed E-state index contributed by atoms with van der Waals surface area (Å²) < 4.78 is 13.2. The number of nitro groups is 1. The van der Waals surface area contributed by atoms with Gasteiger partial charge < -0.3 is 5.32 Å². The molecule has 0 saturated carbocycles. The van der Waals surface area contributed by atoms with Gasteiger partial charge in [-0.3, -0.25) is 10.1 Å². The zero-order chi connectivity index (χ0) is 13.5. The molecule has 0 saturated heterocycles. The summed E-state index contributed by atoms with van der Waals surface area (Å²) in [6, 6.07) is 2.05. The van der Waals surface area contributed by atoms with Gasteiger partial charge in [0, 0.05) is 30.2 Å². The van der Waals surface area contributed by atoms with Crippen LogP contribution in [0.5, 0.6) is 0 Å². The second-order valence-electron chi connectivity index (χ2n) is 3.33. The van der Waals surface area contributed by atoms with Crippen molar-refractivity contribution in [1.29, 1.82) is 0 Å². The average molecular weight is 291 g/mol. The normalized spacial score (nSPS) is 10.1. The van der Waals surface area contributed by atoms with Crippen molar-refractivity contribution in [3.63, 3.8) is 0 Å². The zero-order valence-electron chi connectivity index (χ0n) is 9.49. The molecular formula is C11H12ClFN2O2S. The highest BCUT2D eigenvalue weighted by Crippen LogP contribution is 2.30. The van der Waals surface area contributed by atoms with Crippen molar-refractivity contribution in [3.8, 4) is 0 Å². The van der Waals surface area contributed by atoms with Crippen molar-refractivity contribution in [2.24, 2.45) is 0 Å². The van der Waals surface area contributed by atoms with Crippen LogP contribution in [0.3, 0.4) is 0 Å². The van der Waals surface area contributed by atoms with Crippen molar-refractivity contribution in [3.05, 3.63) is 45.7 Å². The molecule has 0 aliphatic rings. The van der Waals surface area contributed by atoms with Gasteiger partial charge in [-0.15, -0.1) is 6.58 Å². The summed E-state index contributed by atoms with van der Waals surface area (Å²) in [6.45, 7) is 4.08. The number of anilines is 1. The highest BCUT2D eigenvalue weighted by molar-refractivity contribution is 7.99. The lowest BCUT2D eigenvalue weighted by Crippen LogP contribution is -2.07. The number of hydrogen-bond donors (Lipinski definition) is 1. The third-order valence-corrected chi connectivity index (χ3v) is 3.29. The van der Waals surface area contributed by atoms with Crippen LogP contribution < -0.4 is 5.32 Å². The van der Waals surface area contributed by atoms with Gasteiger partial charge in [0.05, 0.1) is 9.95 Å². The van der Waals surface area contributed by atoms with Gasteiger partial charge in [-0.1, -0.05) is 17.7 Å². The maximum atomic E-state index is 13.2. The third-order valence-electron chi connectivity index (χ3n) is 2.03. The van der Waals surface area contributed by atoms with Crippen LogP contribution in [0.15, 0.2) is 24.8 Å². The third kappa shape index (κ3) is 4.19. The Morgan fingerprint density at radius 1 is 1.61 bits per heavy atom. The van der Waals surface area contributed by atoms with E-state index < -0.39 is 10.7 Å². The topological polar surface area (TPSA) is 55.2 Å². The minimum Gasteiger partial charge on any atom is -0.379 e. The monoisotopic (exact) mass is 290 g/mol. The maximum absolute atomic E-state index is 13.2. The molecule has 98 valence electrons. The van der Waals surface area contributed by atoms with E-state index in [-0.39, 0.29) is 16.4 Å². The van der Waals surface area contributed by atoms with Crippen LogP contribution >= 0.6 is 23.4 Å². The lowest BCUT2D eigenvalue weighted by atomic mass is 10.2. The molecule has 0 heterocycles.